The maximum absolute atomic E-state index is 12.5. The van der Waals surface area contributed by atoms with Crippen LogP contribution in [0.2, 0.25) is 0 Å². The Kier molecular flexibility index (Phi) is 4.73. The molecule has 1 aromatic rings. The molecule has 0 aliphatic carbocycles. The summed E-state index contributed by atoms with van der Waals surface area (Å²) in [5.41, 5.74) is -0.130. The molecule has 1 aromatic carbocycles. The molecule has 126 valence electrons. The van der Waals surface area contributed by atoms with Gasteiger partial charge in [0.15, 0.2) is 0 Å². The summed E-state index contributed by atoms with van der Waals surface area (Å²) in [5.74, 6) is 0.697. The number of hydrogen-bond donors (Lipinski definition) is 1. The third-order valence-electron chi connectivity index (χ3n) is 4.75. The number of carbonyl (C=O) groups excluding carboxylic acids is 1. The van der Waals surface area contributed by atoms with Crippen molar-refractivity contribution in [1.29, 1.82) is 0 Å². The molecule has 2 heterocycles. The summed E-state index contributed by atoms with van der Waals surface area (Å²) in [6, 6.07) is 7.61. The van der Waals surface area contributed by atoms with Gasteiger partial charge in [-0.3, -0.25) is 0 Å². The third kappa shape index (κ3) is 3.28. The lowest BCUT2D eigenvalue weighted by atomic mass is 9.84. The van der Waals surface area contributed by atoms with Crippen LogP contribution in [0.3, 0.4) is 0 Å². The summed E-state index contributed by atoms with van der Waals surface area (Å²) in [5, 5.41) is 11.0. The SMILES string of the molecule is COc1ccccc1C1(O)CCN(C(=O)N2CCOCC2)CC1. The van der Waals surface area contributed by atoms with Crippen LogP contribution in [0.15, 0.2) is 24.3 Å². The number of urea groups is 1. The predicted molar refractivity (Wildman–Crippen MR) is 85.5 cm³/mol. The number of nitrogens with zero attached hydrogens (tertiary/aromatic N) is 2. The van der Waals surface area contributed by atoms with Gasteiger partial charge in [-0.2, -0.15) is 0 Å². The van der Waals surface area contributed by atoms with Crippen LogP contribution >= 0.6 is 0 Å². The van der Waals surface area contributed by atoms with Gasteiger partial charge in [0, 0.05) is 31.7 Å². The van der Waals surface area contributed by atoms with Gasteiger partial charge in [-0.05, 0) is 18.9 Å². The molecule has 2 amide bonds. The van der Waals surface area contributed by atoms with Gasteiger partial charge >= 0.3 is 6.03 Å². The fraction of sp³-hybridized carbons (Fsp3) is 0.588. The number of morpholine rings is 1. The van der Waals surface area contributed by atoms with Crippen molar-refractivity contribution in [1.82, 2.24) is 9.80 Å². The largest absolute Gasteiger partial charge is 0.496 e. The molecule has 0 radical (unpaired) electrons. The second-order valence-corrected chi connectivity index (χ2v) is 6.10. The number of benzene rings is 1. The van der Waals surface area contributed by atoms with Gasteiger partial charge in [0.1, 0.15) is 5.75 Å². The highest BCUT2D eigenvalue weighted by molar-refractivity contribution is 5.74. The van der Waals surface area contributed by atoms with Gasteiger partial charge in [-0.15, -0.1) is 0 Å². The zero-order valence-corrected chi connectivity index (χ0v) is 13.5. The number of para-hydroxylation sites is 1. The Hall–Kier alpha value is -1.79. The Morgan fingerprint density at radius 2 is 1.74 bits per heavy atom. The molecular formula is C17H24N2O4. The van der Waals surface area contributed by atoms with E-state index in [1.54, 1.807) is 7.11 Å². The number of amides is 2. The smallest absolute Gasteiger partial charge is 0.320 e. The fourth-order valence-corrected chi connectivity index (χ4v) is 3.32. The minimum atomic E-state index is -0.936. The zero-order chi connectivity index (χ0) is 16.3. The Labute approximate surface area is 136 Å². The molecule has 0 bridgehead atoms. The van der Waals surface area contributed by atoms with E-state index in [1.165, 1.54) is 0 Å². The van der Waals surface area contributed by atoms with Gasteiger partial charge in [0.25, 0.3) is 0 Å². The molecule has 0 spiro atoms. The molecule has 0 aromatic heterocycles. The van der Waals surface area contributed by atoms with Crippen molar-refractivity contribution in [3.63, 3.8) is 0 Å². The second kappa shape index (κ2) is 6.76. The molecular weight excluding hydrogens is 296 g/mol. The molecule has 0 atom stereocenters. The lowest BCUT2D eigenvalue weighted by Crippen LogP contribution is -2.52. The minimum absolute atomic E-state index is 0.0513. The Bertz CT molecular complexity index is 549. The predicted octanol–water partition coefficient (Wildman–Crippen LogP) is 1.43. The fourth-order valence-electron chi connectivity index (χ4n) is 3.32. The van der Waals surface area contributed by atoms with E-state index in [-0.39, 0.29) is 6.03 Å². The van der Waals surface area contributed by atoms with Gasteiger partial charge < -0.3 is 24.4 Å². The average molecular weight is 320 g/mol. The summed E-state index contributed by atoms with van der Waals surface area (Å²) in [4.78, 5) is 16.2. The number of ether oxygens (including phenoxy) is 2. The van der Waals surface area contributed by atoms with Crippen LogP contribution < -0.4 is 4.74 Å². The molecule has 0 saturated carbocycles. The molecule has 2 aliphatic rings. The molecule has 23 heavy (non-hydrogen) atoms. The lowest BCUT2D eigenvalue weighted by molar-refractivity contribution is -0.0251. The summed E-state index contributed by atoms with van der Waals surface area (Å²) < 4.78 is 10.7. The van der Waals surface area contributed by atoms with Gasteiger partial charge in [0.2, 0.25) is 0 Å². The Morgan fingerprint density at radius 1 is 1.13 bits per heavy atom. The van der Waals surface area contributed by atoms with E-state index in [0.717, 1.165) is 5.56 Å². The summed E-state index contributed by atoms with van der Waals surface area (Å²) >= 11 is 0. The molecule has 0 unspecified atom stereocenters. The van der Waals surface area contributed by atoms with Crippen LogP contribution in [0.4, 0.5) is 4.79 Å². The minimum Gasteiger partial charge on any atom is -0.496 e. The second-order valence-electron chi connectivity index (χ2n) is 6.10. The van der Waals surface area contributed by atoms with Crippen LogP contribution in [-0.2, 0) is 10.3 Å². The number of piperidine rings is 1. The molecule has 2 saturated heterocycles. The van der Waals surface area contributed by atoms with Crippen molar-refractivity contribution in [3.05, 3.63) is 29.8 Å². The average Bonchev–Trinajstić information content (AvgIpc) is 2.62. The van der Waals surface area contributed by atoms with Gasteiger partial charge in [0.05, 0.1) is 25.9 Å². The highest BCUT2D eigenvalue weighted by Crippen LogP contribution is 2.38. The number of likely N-dealkylation sites (tertiary alicyclic amines) is 1. The topological polar surface area (TPSA) is 62.2 Å². The van der Waals surface area contributed by atoms with E-state index in [2.05, 4.69) is 0 Å². The summed E-state index contributed by atoms with van der Waals surface area (Å²) in [6.45, 7) is 3.59. The van der Waals surface area contributed by atoms with E-state index < -0.39 is 5.60 Å². The molecule has 2 aliphatic heterocycles. The van der Waals surface area contributed by atoms with Crippen molar-refractivity contribution < 1.29 is 19.4 Å². The van der Waals surface area contributed by atoms with Gasteiger partial charge in [-0.25, -0.2) is 4.79 Å². The summed E-state index contributed by atoms with van der Waals surface area (Å²) in [6.07, 6.45) is 1.03. The van der Waals surface area contributed by atoms with Crippen molar-refractivity contribution in [2.75, 3.05) is 46.5 Å². The van der Waals surface area contributed by atoms with E-state index in [4.69, 9.17) is 9.47 Å². The van der Waals surface area contributed by atoms with E-state index in [9.17, 15) is 9.90 Å². The first-order valence-corrected chi connectivity index (χ1v) is 8.11. The van der Waals surface area contributed by atoms with E-state index >= 15 is 0 Å². The van der Waals surface area contributed by atoms with Crippen LogP contribution in [0.25, 0.3) is 0 Å². The maximum Gasteiger partial charge on any atom is 0.320 e. The first-order valence-electron chi connectivity index (χ1n) is 8.11. The maximum atomic E-state index is 12.5. The Balaban J connectivity index is 1.66. The molecule has 6 nitrogen and oxygen atoms in total. The number of aliphatic hydroxyl groups is 1. The molecule has 3 rings (SSSR count). The normalized spacial score (nSPS) is 21.1. The van der Waals surface area contributed by atoms with Crippen molar-refractivity contribution in [3.8, 4) is 5.75 Å². The number of carbonyl (C=O) groups is 1. The molecule has 1 N–H and O–H groups in total. The highest BCUT2D eigenvalue weighted by Gasteiger charge is 2.38. The lowest BCUT2D eigenvalue weighted by Gasteiger charge is -2.41. The standard InChI is InChI=1S/C17H24N2O4/c1-22-15-5-3-2-4-14(15)17(21)6-8-18(9-7-17)16(20)19-10-12-23-13-11-19/h2-5,21H,6-13H2,1H3. The Morgan fingerprint density at radius 3 is 2.39 bits per heavy atom. The monoisotopic (exact) mass is 320 g/mol. The van der Waals surface area contributed by atoms with Crippen molar-refractivity contribution in [2.24, 2.45) is 0 Å². The van der Waals surface area contributed by atoms with Crippen molar-refractivity contribution >= 4 is 6.03 Å². The number of methoxy groups -OCH3 is 1. The van der Waals surface area contributed by atoms with E-state index in [0.29, 0.717) is 58.0 Å². The van der Waals surface area contributed by atoms with Crippen LogP contribution in [0.1, 0.15) is 18.4 Å². The molecule has 2 fully saturated rings. The number of hydrogen-bond acceptors (Lipinski definition) is 4. The van der Waals surface area contributed by atoms with Crippen LogP contribution in [0.5, 0.6) is 5.75 Å². The van der Waals surface area contributed by atoms with E-state index in [1.807, 2.05) is 34.1 Å². The van der Waals surface area contributed by atoms with Gasteiger partial charge in [-0.1, -0.05) is 18.2 Å². The highest BCUT2D eigenvalue weighted by atomic mass is 16.5. The van der Waals surface area contributed by atoms with Crippen LogP contribution in [-0.4, -0.2) is 67.4 Å². The van der Waals surface area contributed by atoms with Crippen LogP contribution in [0, 0.1) is 0 Å². The summed E-state index contributed by atoms with van der Waals surface area (Å²) in [7, 11) is 1.61. The molecule has 6 heteroatoms. The third-order valence-corrected chi connectivity index (χ3v) is 4.75. The zero-order valence-electron chi connectivity index (χ0n) is 13.5. The first kappa shape index (κ1) is 16.1. The first-order chi connectivity index (χ1) is 11.1. The quantitative estimate of drug-likeness (QED) is 0.895. The number of rotatable bonds is 2. The van der Waals surface area contributed by atoms with Crippen molar-refractivity contribution in [2.45, 2.75) is 18.4 Å².